The predicted molar refractivity (Wildman–Crippen MR) is 62.7 cm³/mol. The molecule has 1 aliphatic rings. The quantitative estimate of drug-likeness (QED) is 0.761. The van der Waals surface area contributed by atoms with Gasteiger partial charge in [0.25, 0.3) is 0 Å². The highest BCUT2D eigenvalue weighted by Crippen LogP contribution is 2.32. The SMILES string of the molecule is Nc1c2c(nc3cc(F)cc(F)c13)CCCC2. The molecule has 0 saturated heterocycles. The van der Waals surface area contributed by atoms with E-state index in [2.05, 4.69) is 4.98 Å². The molecule has 88 valence electrons. The van der Waals surface area contributed by atoms with Crippen molar-refractivity contribution in [1.29, 1.82) is 0 Å². The lowest BCUT2D eigenvalue weighted by molar-refractivity contribution is 0.591. The Morgan fingerprint density at radius 2 is 1.88 bits per heavy atom. The van der Waals surface area contributed by atoms with Gasteiger partial charge in [0.2, 0.25) is 0 Å². The molecule has 1 aromatic carbocycles. The Morgan fingerprint density at radius 3 is 2.71 bits per heavy atom. The molecule has 0 unspecified atom stereocenters. The number of nitrogen functional groups attached to an aromatic ring is 1. The Bertz CT molecular complexity index is 608. The van der Waals surface area contributed by atoms with Crippen molar-refractivity contribution in [1.82, 2.24) is 4.98 Å². The van der Waals surface area contributed by atoms with Gasteiger partial charge in [-0.1, -0.05) is 0 Å². The largest absolute Gasteiger partial charge is 0.398 e. The second-order valence-corrected chi connectivity index (χ2v) is 4.44. The standard InChI is InChI=1S/C13H12F2N2/c14-7-5-9(15)12-11(6-7)17-10-4-2-1-3-8(10)13(12)16/h5-6H,1-4H2,(H2,16,17). The first-order valence-electron chi connectivity index (χ1n) is 5.73. The van der Waals surface area contributed by atoms with E-state index in [0.717, 1.165) is 43.0 Å². The first kappa shape index (κ1) is 10.4. The minimum atomic E-state index is -0.627. The molecule has 0 fully saturated rings. The monoisotopic (exact) mass is 234 g/mol. The van der Waals surface area contributed by atoms with Crippen molar-refractivity contribution < 1.29 is 8.78 Å². The maximum atomic E-state index is 13.7. The normalized spacial score (nSPS) is 14.9. The highest BCUT2D eigenvalue weighted by molar-refractivity contribution is 5.92. The van der Waals surface area contributed by atoms with E-state index in [0.29, 0.717) is 11.2 Å². The van der Waals surface area contributed by atoms with Gasteiger partial charge < -0.3 is 5.73 Å². The molecule has 2 nitrogen and oxygen atoms in total. The molecule has 4 heteroatoms. The fourth-order valence-corrected chi connectivity index (χ4v) is 2.51. The Hall–Kier alpha value is -1.71. The third kappa shape index (κ3) is 1.55. The first-order valence-corrected chi connectivity index (χ1v) is 5.73. The maximum Gasteiger partial charge on any atom is 0.137 e. The van der Waals surface area contributed by atoms with Gasteiger partial charge in [-0.15, -0.1) is 0 Å². The molecule has 0 aliphatic heterocycles. The molecule has 1 aliphatic carbocycles. The van der Waals surface area contributed by atoms with Crippen molar-refractivity contribution in [3.8, 4) is 0 Å². The van der Waals surface area contributed by atoms with Crippen LogP contribution < -0.4 is 5.73 Å². The average molecular weight is 234 g/mol. The number of halogens is 2. The lowest BCUT2D eigenvalue weighted by atomic mass is 9.93. The Morgan fingerprint density at radius 1 is 1.12 bits per heavy atom. The van der Waals surface area contributed by atoms with Crippen LogP contribution in [0.5, 0.6) is 0 Å². The molecule has 0 spiro atoms. The number of rotatable bonds is 0. The number of nitrogens with two attached hydrogens (primary N) is 1. The van der Waals surface area contributed by atoms with Crippen LogP contribution in [0.25, 0.3) is 10.9 Å². The highest BCUT2D eigenvalue weighted by atomic mass is 19.1. The van der Waals surface area contributed by atoms with Crippen LogP contribution in [0.1, 0.15) is 24.1 Å². The van der Waals surface area contributed by atoms with Crippen LogP contribution in [0.2, 0.25) is 0 Å². The minimum absolute atomic E-state index is 0.257. The number of aromatic nitrogens is 1. The summed E-state index contributed by atoms with van der Waals surface area (Å²) >= 11 is 0. The number of fused-ring (bicyclic) bond motifs is 2. The average Bonchev–Trinajstić information content (AvgIpc) is 2.28. The van der Waals surface area contributed by atoms with Crippen LogP contribution in [0, 0.1) is 11.6 Å². The molecule has 0 amide bonds. The number of anilines is 1. The number of aryl methyl sites for hydroxylation is 1. The van der Waals surface area contributed by atoms with Crippen molar-refractivity contribution in [2.75, 3.05) is 5.73 Å². The molecule has 0 radical (unpaired) electrons. The molecule has 2 N–H and O–H groups in total. The van der Waals surface area contributed by atoms with Crippen LogP contribution >= 0.6 is 0 Å². The van der Waals surface area contributed by atoms with E-state index in [-0.39, 0.29) is 5.39 Å². The fourth-order valence-electron chi connectivity index (χ4n) is 2.51. The second kappa shape index (κ2) is 3.65. The van der Waals surface area contributed by atoms with E-state index >= 15 is 0 Å². The summed E-state index contributed by atoms with van der Waals surface area (Å²) in [7, 11) is 0. The summed E-state index contributed by atoms with van der Waals surface area (Å²) in [6, 6.07) is 2.10. The van der Waals surface area contributed by atoms with E-state index in [1.54, 1.807) is 0 Å². The van der Waals surface area contributed by atoms with Gasteiger partial charge >= 0.3 is 0 Å². The first-order chi connectivity index (χ1) is 8.16. The van der Waals surface area contributed by atoms with Crippen LogP contribution in [0.4, 0.5) is 14.5 Å². The van der Waals surface area contributed by atoms with Gasteiger partial charge in [0.15, 0.2) is 0 Å². The van der Waals surface area contributed by atoms with Gasteiger partial charge in [0.05, 0.1) is 10.9 Å². The third-order valence-corrected chi connectivity index (χ3v) is 3.32. The lowest BCUT2D eigenvalue weighted by Crippen LogP contribution is -2.10. The second-order valence-electron chi connectivity index (χ2n) is 4.44. The predicted octanol–water partition coefficient (Wildman–Crippen LogP) is 2.97. The van der Waals surface area contributed by atoms with Crippen molar-refractivity contribution >= 4 is 16.6 Å². The van der Waals surface area contributed by atoms with Crippen LogP contribution in [0.3, 0.4) is 0 Å². The number of hydrogen-bond acceptors (Lipinski definition) is 2. The van der Waals surface area contributed by atoms with Gasteiger partial charge in [-0.25, -0.2) is 8.78 Å². The van der Waals surface area contributed by atoms with Crippen molar-refractivity contribution in [2.45, 2.75) is 25.7 Å². The summed E-state index contributed by atoms with van der Waals surface area (Å²) in [5.41, 5.74) is 8.57. The molecule has 1 aromatic heterocycles. The summed E-state index contributed by atoms with van der Waals surface area (Å²) in [6.45, 7) is 0. The molecular formula is C13H12F2N2. The molecule has 17 heavy (non-hydrogen) atoms. The topological polar surface area (TPSA) is 38.9 Å². The number of hydrogen-bond donors (Lipinski definition) is 1. The fraction of sp³-hybridized carbons (Fsp3) is 0.308. The minimum Gasteiger partial charge on any atom is -0.398 e. The molecular weight excluding hydrogens is 222 g/mol. The van der Waals surface area contributed by atoms with Crippen LogP contribution in [-0.2, 0) is 12.8 Å². The molecule has 1 heterocycles. The molecule has 0 saturated carbocycles. The van der Waals surface area contributed by atoms with Crippen molar-refractivity contribution in [3.05, 3.63) is 35.0 Å². The molecule has 3 rings (SSSR count). The summed E-state index contributed by atoms with van der Waals surface area (Å²) < 4.78 is 26.9. The van der Waals surface area contributed by atoms with E-state index in [1.807, 2.05) is 0 Å². The zero-order chi connectivity index (χ0) is 12.0. The Balaban J connectivity index is 2.40. The van der Waals surface area contributed by atoms with E-state index in [9.17, 15) is 8.78 Å². The van der Waals surface area contributed by atoms with Crippen LogP contribution in [0.15, 0.2) is 12.1 Å². The van der Waals surface area contributed by atoms with E-state index in [4.69, 9.17) is 5.73 Å². The van der Waals surface area contributed by atoms with Gasteiger partial charge in [-0.2, -0.15) is 0 Å². The smallest absolute Gasteiger partial charge is 0.137 e. The summed E-state index contributed by atoms with van der Waals surface area (Å²) in [4.78, 5) is 4.34. The van der Waals surface area contributed by atoms with Crippen molar-refractivity contribution in [3.63, 3.8) is 0 Å². The zero-order valence-electron chi connectivity index (χ0n) is 9.26. The third-order valence-electron chi connectivity index (χ3n) is 3.32. The summed E-state index contributed by atoms with van der Waals surface area (Å²) in [5.74, 6) is -1.24. The number of pyridine rings is 1. The van der Waals surface area contributed by atoms with Gasteiger partial charge in [0, 0.05) is 23.5 Å². The van der Waals surface area contributed by atoms with E-state index < -0.39 is 11.6 Å². The van der Waals surface area contributed by atoms with Gasteiger partial charge in [0.1, 0.15) is 11.6 Å². The molecule has 0 bridgehead atoms. The number of benzene rings is 1. The Labute approximate surface area is 97.5 Å². The molecule has 0 atom stereocenters. The molecule has 2 aromatic rings. The summed E-state index contributed by atoms with van der Waals surface area (Å²) in [5, 5.41) is 0.257. The maximum absolute atomic E-state index is 13.7. The Kier molecular flexibility index (Phi) is 2.24. The summed E-state index contributed by atoms with van der Waals surface area (Å²) in [6.07, 6.45) is 3.78. The van der Waals surface area contributed by atoms with Gasteiger partial charge in [-0.05, 0) is 31.2 Å². The van der Waals surface area contributed by atoms with Crippen molar-refractivity contribution in [2.24, 2.45) is 0 Å². The number of nitrogens with zero attached hydrogens (tertiary/aromatic N) is 1. The highest BCUT2D eigenvalue weighted by Gasteiger charge is 2.18. The zero-order valence-corrected chi connectivity index (χ0v) is 9.26. The van der Waals surface area contributed by atoms with Gasteiger partial charge in [-0.3, -0.25) is 4.98 Å². The lowest BCUT2D eigenvalue weighted by Gasteiger charge is -2.18. The van der Waals surface area contributed by atoms with E-state index in [1.165, 1.54) is 6.07 Å². The van der Waals surface area contributed by atoms with Crippen LogP contribution in [-0.4, -0.2) is 4.98 Å².